The van der Waals surface area contributed by atoms with Gasteiger partial charge in [-0.3, -0.25) is 0 Å². The van der Waals surface area contributed by atoms with Gasteiger partial charge in [-0.05, 0) is 46.2 Å². The zero-order valence-corrected chi connectivity index (χ0v) is 26.8. The van der Waals surface area contributed by atoms with Crippen LogP contribution in [-0.2, 0) is 0 Å². The lowest BCUT2D eigenvalue weighted by molar-refractivity contribution is 1.07. The third-order valence-electron chi connectivity index (χ3n) is 9.12. The largest absolute Gasteiger partial charge is 0.247 e. The molecule has 9 aromatic rings. The average Bonchev–Trinajstić information content (AvgIpc) is 3.20. The molecule has 0 N–H and O–H groups in total. The number of nitriles is 1. The van der Waals surface area contributed by atoms with Crippen LogP contribution in [0, 0.1) is 11.3 Å². The Bertz CT molecular complexity index is 2690. The van der Waals surface area contributed by atoms with E-state index in [9.17, 15) is 5.26 Å². The minimum absolute atomic E-state index is 0.596. The van der Waals surface area contributed by atoms with E-state index in [2.05, 4.69) is 72.8 Å². The van der Waals surface area contributed by atoms with E-state index in [4.69, 9.17) is 19.9 Å². The Kier molecular flexibility index (Phi) is 7.11. The highest BCUT2D eigenvalue weighted by Crippen LogP contribution is 2.39. The number of nitrogens with zero attached hydrogens (tertiary/aromatic N) is 5. The number of rotatable bonds is 5. The van der Waals surface area contributed by atoms with Crippen molar-refractivity contribution in [3.05, 3.63) is 169 Å². The normalized spacial score (nSPS) is 11.2. The molecule has 9 rings (SSSR count). The van der Waals surface area contributed by atoms with Crippen LogP contribution in [0.2, 0.25) is 0 Å². The zero-order chi connectivity index (χ0) is 33.4. The van der Waals surface area contributed by atoms with Gasteiger partial charge in [0.1, 0.15) is 0 Å². The van der Waals surface area contributed by atoms with E-state index >= 15 is 0 Å². The van der Waals surface area contributed by atoms with Crippen LogP contribution in [-0.4, -0.2) is 19.9 Å². The van der Waals surface area contributed by atoms with Gasteiger partial charge in [0.2, 0.25) is 0 Å². The fraction of sp³-hybridized carbons (Fsp3) is 0. The average molecular weight is 638 g/mol. The summed E-state index contributed by atoms with van der Waals surface area (Å²) in [4.78, 5) is 20.2. The molecule has 0 amide bonds. The second-order valence-corrected chi connectivity index (χ2v) is 12.2. The summed E-state index contributed by atoms with van der Waals surface area (Å²) >= 11 is 0. The Morgan fingerprint density at radius 1 is 0.380 bits per heavy atom. The molecule has 0 fully saturated rings. The minimum Gasteiger partial charge on any atom is -0.247 e. The van der Waals surface area contributed by atoms with Crippen LogP contribution in [0.5, 0.6) is 0 Å². The van der Waals surface area contributed by atoms with Crippen LogP contribution in [0.25, 0.3) is 89.0 Å². The van der Waals surface area contributed by atoms with Gasteiger partial charge in [-0.1, -0.05) is 140 Å². The van der Waals surface area contributed by atoms with Gasteiger partial charge in [0.05, 0.1) is 22.8 Å². The fourth-order valence-electron chi connectivity index (χ4n) is 6.66. The van der Waals surface area contributed by atoms with E-state index in [0.717, 1.165) is 60.8 Å². The summed E-state index contributed by atoms with van der Waals surface area (Å²) in [5.41, 5.74) is 8.20. The molecule has 5 heteroatoms. The van der Waals surface area contributed by atoms with Crippen LogP contribution in [0.3, 0.4) is 0 Å². The molecule has 0 saturated carbocycles. The fourth-order valence-corrected chi connectivity index (χ4v) is 6.66. The predicted molar refractivity (Wildman–Crippen MR) is 202 cm³/mol. The first-order chi connectivity index (χ1) is 24.7. The molecular formula is C45H27N5. The van der Waals surface area contributed by atoms with Crippen LogP contribution in [0.4, 0.5) is 0 Å². The van der Waals surface area contributed by atoms with E-state index in [-0.39, 0.29) is 0 Å². The number of benzene rings is 7. The zero-order valence-electron chi connectivity index (χ0n) is 26.8. The Balaban J connectivity index is 1.26. The van der Waals surface area contributed by atoms with Crippen molar-refractivity contribution < 1.29 is 0 Å². The Labute approximate surface area is 288 Å². The molecule has 0 spiro atoms. The van der Waals surface area contributed by atoms with E-state index in [1.54, 1.807) is 0 Å². The third kappa shape index (κ3) is 5.22. The lowest BCUT2D eigenvalue weighted by Crippen LogP contribution is -2.00. The highest BCUT2D eigenvalue weighted by Gasteiger charge is 2.17. The van der Waals surface area contributed by atoms with Crippen molar-refractivity contribution >= 4 is 32.4 Å². The SMILES string of the molecule is N#Cc1ccc(-c2ccc3c(c2)nc(-c2cccc(-c4nc(-c5ccccc5)nc(-c5ccccc5)n4)c2)c2ccc4ccccc4c23)cc1. The van der Waals surface area contributed by atoms with Crippen molar-refractivity contribution in [3.63, 3.8) is 0 Å². The summed E-state index contributed by atoms with van der Waals surface area (Å²) in [7, 11) is 0. The maximum Gasteiger partial charge on any atom is 0.164 e. The second-order valence-electron chi connectivity index (χ2n) is 12.2. The lowest BCUT2D eigenvalue weighted by atomic mass is 9.93. The maximum atomic E-state index is 9.32. The first-order valence-electron chi connectivity index (χ1n) is 16.5. The van der Waals surface area contributed by atoms with Gasteiger partial charge in [0.25, 0.3) is 0 Å². The van der Waals surface area contributed by atoms with Crippen molar-refractivity contribution in [2.24, 2.45) is 0 Å². The van der Waals surface area contributed by atoms with Crippen molar-refractivity contribution in [2.45, 2.75) is 0 Å². The molecule has 2 aromatic heterocycles. The molecule has 0 aliphatic carbocycles. The van der Waals surface area contributed by atoms with Gasteiger partial charge in [0, 0.05) is 38.4 Å². The van der Waals surface area contributed by atoms with E-state index in [0.29, 0.717) is 23.0 Å². The van der Waals surface area contributed by atoms with Crippen molar-refractivity contribution in [1.82, 2.24) is 19.9 Å². The minimum atomic E-state index is 0.596. The van der Waals surface area contributed by atoms with Gasteiger partial charge < -0.3 is 0 Å². The smallest absolute Gasteiger partial charge is 0.164 e. The molecule has 50 heavy (non-hydrogen) atoms. The van der Waals surface area contributed by atoms with Crippen LogP contribution in [0.1, 0.15) is 5.56 Å². The summed E-state index contributed by atoms with van der Waals surface area (Å²) in [5.74, 6) is 1.84. The molecule has 232 valence electrons. The topological polar surface area (TPSA) is 75.3 Å². The monoisotopic (exact) mass is 637 g/mol. The molecule has 7 aromatic carbocycles. The van der Waals surface area contributed by atoms with Crippen LogP contribution in [0.15, 0.2) is 164 Å². The Morgan fingerprint density at radius 2 is 0.960 bits per heavy atom. The summed E-state index contributed by atoms with van der Waals surface area (Å²) in [6.07, 6.45) is 0. The summed E-state index contributed by atoms with van der Waals surface area (Å²) in [6, 6.07) is 57.6. The molecule has 0 saturated heterocycles. The molecule has 0 atom stereocenters. The highest BCUT2D eigenvalue weighted by molar-refractivity contribution is 6.22. The molecular weight excluding hydrogens is 611 g/mol. The first kappa shape index (κ1) is 29.1. The van der Waals surface area contributed by atoms with Crippen molar-refractivity contribution in [1.29, 1.82) is 5.26 Å². The third-order valence-corrected chi connectivity index (χ3v) is 9.12. The quantitative estimate of drug-likeness (QED) is 0.176. The number of aromatic nitrogens is 4. The first-order valence-corrected chi connectivity index (χ1v) is 16.5. The number of hydrogen-bond donors (Lipinski definition) is 0. The summed E-state index contributed by atoms with van der Waals surface area (Å²) in [5, 5.41) is 15.0. The summed E-state index contributed by atoms with van der Waals surface area (Å²) < 4.78 is 0. The molecule has 0 bridgehead atoms. The molecule has 2 heterocycles. The molecule has 0 aliphatic heterocycles. The second kappa shape index (κ2) is 12.2. The van der Waals surface area contributed by atoms with E-state index in [1.165, 1.54) is 10.8 Å². The number of fused-ring (bicyclic) bond motifs is 5. The van der Waals surface area contributed by atoms with Crippen LogP contribution < -0.4 is 0 Å². The van der Waals surface area contributed by atoms with Gasteiger partial charge >= 0.3 is 0 Å². The lowest BCUT2D eigenvalue weighted by Gasteiger charge is -2.14. The Morgan fingerprint density at radius 3 is 1.66 bits per heavy atom. The van der Waals surface area contributed by atoms with Crippen LogP contribution >= 0.6 is 0 Å². The highest BCUT2D eigenvalue weighted by atomic mass is 15.0. The molecule has 0 radical (unpaired) electrons. The van der Waals surface area contributed by atoms with Gasteiger partial charge in [-0.25, -0.2) is 19.9 Å². The summed E-state index contributed by atoms with van der Waals surface area (Å²) in [6.45, 7) is 0. The van der Waals surface area contributed by atoms with Gasteiger partial charge in [0.15, 0.2) is 17.5 Å². The van der Waals surface area contributed by atoms with E-state index in [1.807, 2.05) is 97.1 Å². The molecule has 0 aliphatic rings. The van der Waals surface area contributed by atoms with Crippen molar-refractivity contribution in [2.75, 3.05) is 0 Å². The Hall–Kier alpha value is -7.03. The van der Waals surface area contributed by atoms with Gasteiger partial charge in [-0.15, -0.1) is 0 Å². The van der Waals surface area contributed by atoms with E-state index < -0.39 is 0 Å². The molecule has 0 unspecified atom stereocenters. The maximum absolute atomic E-state index is 9.32. The number of pyridine rings is 1. The number of hydrogen-bond acceptors (Lipinski definition) is 5. The molecule has 5 nitrogen and oxygen atoms in total. The standard InChI is InChI=1S/C45H27N5/c46-28-29-18-20-30(21-19-29)34-23-24-38-40(27-34)47-42(39-25-22-31-10-7-8-17-37(31)41(38)39)35-15-9-16-36(26-35)45-49-43(32-11-3-1-4-12-32)48-44(50-45)33-13-5-2-6-14-33/h1-27H. The predicted octanol–water partition coefficient (Wildman–Crippen LogP) is 10.9. The van der Waals surface area contributed by atoms with Gasteiger partial charge in [-0.2, -0.15) is 5.26 Å². The van der Waals surface area contributed by atoms with Crippen molar-refractivity contribution in [3.8, 4) is 62.6 Å².